The minimum absolute atomic E-state index is 0.288. The van der Waals surface area contributed by atoms with Gasteiger partial charge in [0, 0.05) is 13.0 Å². The molecule has 1 aromatic carbocycles. The minimum atomic E-state index is -0.288. The van der Waals surface area contributed by atoms with Gasteiger partial charge >= 0.3 is 0 Å². The van der Waals surface area contributed by atoms with Crippen LogP contribution in [0.5, 0.6) is 5.75 Å². The topological polar surface area (TPSA) is 38.7 Å². The summed E-state index contributed by atoms with van der Waals surface area (Å²) in [6, 6.07) is 7.90. The first-order valence-electron chi connectivity index (χ1n) is 7.14. The lowest BCUT2D eigenvalue weighted by molar-refractivity contribution is -0.0376. The van der Waals surface area contributed by atoms with Crippen LogP contribution in [0.15, 0.2) is 24.3 Å². The van der Waals surface area contributed by atoms with Gasteiger partial charge < -0.3 is 14.6 Å². The highest BCUT2D eigenvalue weighted by Gasteiger charge is 2.31. The summed E-state index contributed by atoms with van der Waals surface area (Å²) >= 11 is 0. The van der Waals surface area contributed by atoms with Gasteiger partial charge in [0.15, 0.2) is 0 Å². The fourth-order valence-corrected chi connectivity index (χ4v) is 2.83. The van der Waals surface area contributed by atoms with E-state index in [0.717, 1.165) is 37.2 Å². The predicted molar refractivity (Wildman–Crippen MR) is 75.5 cm³/mol. The van der Waals surface area contributed by atoms with Crippen LogP contribution in [0, 0.1) is 5.92 Å². The summed E-state index contributed by atoms with van der Waals surface area (Å²) in [5.74, 6) is 1.48. The van der Waals surface area contributed by atoms with E-state index in [1.165, 1.54) is 0 Å². The highest BCUT2D eigenvalue weighted by Crippen LogP contribution is 2.34. The molecule has 0 saturated heterocycles. The zero-order valence-electron chi connectivity index (χ0n) is 11.8. The zero-order valence-corrected chi connectivity index (χ0v) is 11.8. The Morgan fingerprint density at radius 2 is 2.05 bits per heavy atom. The van der Waals surface area contributed by atoms with Crippen molar-refractivity contribution in [2.75, 3.05) is 13.7 Å². The molecule has 1 N–H and O–H groups in total. The normalized spacial score (nSPS) is 23.7. The van der Waals surface area contributed by atoms with E-state index in [4.69, 9.17) is 9.47 Å². The van der Waals surface area contributed by atoms with Gasteiger partial charge in [0.1, 0.15) is 5.75 Å². The van der Waals surface area contributed by atoms with Crippen molar-refractivity contribution in [3.8, 4) is 5.75 Å². The summed E-state index contributed by atoms with van der Waals surface area (Å²) < 4.78 is 10.9. The number of ether oxygens (including phenoxy) is 2. The van der Waals surface area contributed by atoms with Gasteiger partial charge in [-0.25, -0.2) is 0 Å². The summed E-state index contributed by atoms with van der Waals surface area (Å²) in [6.07, 6.45) is 3.85. The van der Waals surface area contributed by atoms with Gasteiger partial charge in [-0.1, -0.05) is 18.2 Å². The number of aliphatic hydroxyl groups is 1. The molecule has 0 amide bonds. The highest BCUT2D eigenvalue weighted by molar-refractivity contribution is 5.33. The monoisotopic (exact) mass is 264 g/mol. The first-order chi connectivity index (χ1) is 9.22. The third-order valence-corrected chi connectivity index (χ3v) is 3.85. The molecule has 0 aliphatic heterocycles. The molecule has 0 heterocycles. The molecule has 1 aliphatic carbocycles. The lowest BCUT2D eigenvalue weighted by atomic mass is 9.78. The van der Waals surface area contributed by atoms with Crippen LogP contribution in [-0.2, 0) is 11.2 Å². The minimum Gasteiger partial charge on any atom is -0.496 e. The second kappa shape index (κ2) is 6.92. The van der Waals surface area contributed by atoms with Gasteiger partial charge in [-0.05, 0) is 43.7 Å². The van der Waals surface area contributed by atoms with E-state index < -0.39 is 0 Å². The molecular weight excluding hydrogens is 240 g/mol. The second-order valence-electron chi connectivity index (χ2n) is 5.32. The smallest absolute Gasteiger partial charge is 0.122 e. The molecule has 1 unspecified atom stereocenters. The molecule has 1 atom stereocenters. The average molecular weight is 264 g/mol. The van der Waals surface area contributed by atoms with Gasteiger partial charge in [0.05, 0.1) is 19.3 Å². The molecule has 2 rings (SSSR count). The number of aliphatic hydroxyl groups excluding tert-OH is 1. The van der Waals surface area contributed by atoms with Crippen molar-refractivity contribution in [1.29, 1.82) is 0 Å². The Bertz CT molecular complexity index is 385. The molecule has 1 aromatic rings. The Balaban J connectivity index is 1.77. The van der Waals surface area contributed by atoms with E-state index in [1.807, 2.05) is 31.2 Å². The number of hydrogen-bond donors (Lipinski definition) is 1. The molecule has 19 heavy (non-hydrogen) atoms. The number of methoxy groups -OCH3 is 1. The molecule has 0 radical (unpaired) electrons. The fraction of sp³-hybridized carbons (Fsp3) is 0.625. The van der Waals surface area contributed by atoms with Crippen molar-refractivity contribution < 1.29 is 14.6 Å². The number of rotatable bonds is 7. The first-order valence-corrected chi connectivity index (χ1v) is 7.14. The van der Waals surface area contributed by atoms with Crippen LogP contribution in [0.25, 0.3) is 0 Å². The van der Waals surface area contributed by atoms with E-state index in [2.05, 4.69) is 0 Å². The SMILES string of the molecule is CCOC1CC(CC(O)Cc2ccccc2OC)C1. The quantitative estimate of drug-likeness (QED) is 0.823. The van der Waals surface area contributed by atoms with Crippen molar-refractivity contribution in [2.45, 2.75) is 44.8 Å². The summed E-state index contributed by atoms with van der Waals surface area (Å²) in [7, 11) is 1.67. The average Bonchev–Trinajstić information content (AvgIpc) is 2.37. The van der Waals surface area contributed by atoms with Crippen LogP contribution in [-0.4, -0.2) is 31.0 Å². The number of para-hydroxylation sites is 1. The van der Waals surface area contributed by atoms with Crippen LogP contribution >= 0.6 is 0 Å². The fourth-order valence-electron chi connectivity index (χ4n) is 2.83. The van der Waals surface area contributed by atoms with E-state index in [9.17, 15) is 5.11 Å². The summed E-state index contributed by atoms with van der Waals surface area (Å²) in [4.78, 5) is 0. The largest absolute Gasteiger partial charge is 0.496 e. The molecular formula is C16H24O3. The summed E-state index contributed by atoms with van der Waals surface area (Å²) in [6.45, 7) is 2.82. The molecule has 1 fully saturated rings. The first kappa shape index (κ1) is 14.4. The Kier molecular flexibility index (Phi) is 5.23. The standard InChI is InChI=1S/C16H24O3/c1-3-19-15-9-12(10-15)8-14(17)11-13-6-4-5-7-16(13)18-2/h4-7,12,14-15,17H,3,8-11H2,1-2H3. The Hall–Kier alpha value is -1.06. The van der Waals surface area contributed by atoms with Crippen LogP contribution in [0.1, 0.15) is 31.7 Å². The predicted octanol–water partition coefficient (Wildman–Crippen LogP) is 2.80. The lowest BCUT2D eigenvalue weighted by Gasteiger charge is -2.36. The molecule has 0 aromatic heterocycles. The van der Waals surface area contributed by atoms with E-state index in [1.54, 1.807) is 7.11 Å². The molecule has 106 valence electrons. The molecule has 1 aliphatic rings. The molecule has 3 nitrogen and oxygen atoms in total. The Morgan fingerprint density at radius 3 is 2.74 bits per heavy atom. The van der Waals surface area contributed by atoms with Gasteiger partial charge in [-0.3, -0.25) is 0 Å². The zero-order chi connectivity index (χ0) is 13.7. The lowest BCUT2D eigenvalue weighted by Crippen LogP contribution is -2.34. The van der Waals surface area contributed by atoms with Crippen LogP contribution in [0.2, 0.25) is 0 Å². The molecule has 3 heteroatoms. The van der Waals surface area contributed by atoms with Gasteiger partial charge in [-0.15, -0.1) is 0 Å². The Morgan fingerprint density at radius 1 is 1.32 bits per heavy atom. The van der Waals surface area contributed by atoms with Gasteiger partial charge in [0.25, 0.3) is 0 Å². The van der Waals surface area contributed by atoms with Crippen molar-refractivity contribution in [3.05, 3.63) is 29.8 Å². The van der Waals surface area contributed by atoms with Gasteiger partial charge in [-0.2, -0.15) is 0 Å². The van der Waals surface area contributed by atoms with Crippen LogP contribution < -0.4 is 4.74 Å². The Labute approximate surface area is 115 Å². The maximum atomic E-state index is 10.2. The van der Waals surface area contributed by atoms with Crippen molar-refractivity contribution in [3.63, 3.8) is 0 Å². The summed E-state index contributed by atoms with van der Waals surface area (Å²) in [5.41, 5.74) is 1.08. The third kappa shape index (κ3) is 3.95. The summed E-state index contributed by atoms with van der Waals surface area (Å²) in [5, 5.41) is 10.2. The number of hydrogen-bond acceptors (Lipinski definition) is 3. The maximum absolute atomic E-state index is 10.2. The van der Waals surface area contributed by atoms with Gasteiger partial charge in [0.2, 0.25) is 0 Å². The number of benzene rings is 1. The third-order valence-electron chi connectivity index (χ3n) is 3.85. The highest BCUT2D eigenvalue weighted by atomic mass is 16.5. The van der Waals surface area contributed by atoms with Crippen molar-refractivity contribution in [1.82, 2.24) is 0 Å². The second-order valence-corrected chi connectivity index (χ2v) is 5.32. The van der Waals surface area contributed by atoms with Crippen molar-refractivity contribution >= 4 is 0 Å². The van der Waals surface area contributed by atoms with Crippen LogP contribution in [0.4, 0.5) is 0 Å². The van der Waals surface area contributed by atoms with Crippen molar-refractivity contribution in [2.24, 2.45) is 5.92 Å². The van der Waals surface area contributed by atoms with E-state index >= 15 is 0 Å². The van der Waals surface area contributed by atoms with E-state index in [0.29, 0.717) is 18.4 Å². The molecule has 0 bridgehead atoms. The maximum Gasteiger partial charge on any atom is 0.122 e. The molecule has 1 saturated carbocycles. The van der Waals surface area contributed by atoms with E-state index in [-0.39, 0.29) is 6.10 Å². The molecule has 0 spiro atoms. The van der Waals surface area contributed by atoms with Crippen LogP contribution in [0.3, 0.4) is 0 Å².